The van der Waals surface area contributed by atoms with Crippen molar-refractivity contribution in [1.29, 1.82) is 0 Å². The van der Waals surface area contributed by atoms with Crippen molar-refractivity contribution in [2.75, 3.05) is 11.1 Å². The Morgan fingerprint density at radius 1 is 1.39 bits per heavy atom. The molecule has 5 nitrogen and oxygen atoms in total. The maximum absolute atomic E-state index is 11.1. The van der Waals surface area contributed by atoms with Crippen LogP contribution in [0.5, 0.6) is 0 Å². The van der Waals surface area contributed by atoms with E-state index in [2.05, 4.69) is 12.2 Å². The normalized spacial score (nSPS) is 23.6. The van der Waals surface area contributed by atoms with Gasteiger partial charge in [-0.3, -0.25) is 10.1 Å². The second-order valence-electron chi connectivity index (χ2n) is 5.01. The molecule has 0 aromatic heterocycles. The molecule has 2 atom stereocenters. The van der Waals surface area contributed by atoms with Gasteiger partial charge in [-0.15, -0.1) is 0 Å². The number of rotatable bonds is 3. The Bertz CT molecular complexity index is 448. The van der Waals surface area contributed by atoms with Gasteiger partial charge >= 0.3 is 5.69 Å². The highest BCUT2D eigenvalue weighted by Crippen LogP contribution is 2.34. The van der Waals surface area contributed by atoms with Crippen molar-refractivity contribution in [2.24, 2.45) is 5.92 Å². The van der Waals surface area contributed by atoms with Gasteiger partial charge in [0.05, 0.1) is 4.92 Å². The maximum atomic E-state index is 11.1. The fourth-order valence-corrected chi connectivity index (χ4v) is 2.61. The molecule has 98 valence electrons. The number of nitrogens with one attached hydrogen (secondary N) is 1. The van der Waals surface area contributed by atoms with Crippen LogP contribution in [0.2, 0.25) is 0 Å². The number of hydrogen-bond donors (Lipinski definition) is 2. The van der Waals surface area contributed by atoms with Gasteiger partial charge in [-0.05, 0) is 30.9 Å². The van der Waals surface area contributed by atoms with E-state index in [4.69, 9.17) is 5.73 Å². The molecule has 0 spiro atoms. The van der Waals surface area contributed by atoms with E-state index in [1.165, 1.54) is 19.3 Å². The average Bonchev–Trinajstić information content (AvgIpc) is 2.31. The molecule has 1 saturated carbocycles. The maximum Gasteiger partial charge on any atom is 0.314 e. The lowest BCUT2D eigenvalue weighted by Gasteiger charge is -2.30. The van der Waals surface area contributed by atoms with E-state index >= 15 is 0 Å². The van der Waals surface area contributed by atoms with Crippen molar-refractivity contribution < 1.29 is 4.92 Å². The van der Waals surface area contributed by atoms with E-state index in [1.54, 1.807) is 18.2 Å². The molecule has 0 amide bonds. The minimum atomic E-state index is -0.412. The van der Waals surface area contributed by atoms with Gasteiger partial charge in [0.2, 0.25) is 0 Å². The van der Waals surface area contributed by atoms with Gasteiger partial charge in [-0.2, -0.15) is 0 Å². The fraction of sp³-hybridized carbons (Fsp3) is 0.538. The number of hydrogen-bond acceptors (Lipinski definition) is 4. The Morgan fingerprint density at radius 3 is 2.78 bits per heavy atom. The van der Waals surface area contributed by atoms with E-state index in [9.17, 15) is 10.1 Å². The summed E-state index contributed by atoms with van der Waals surface area (Å²) in [7, 11) is 0. The third kappa shape index (κ3) is 2.55. The minimum Gasteiger partial charge on any atom is -0.393 e. The van der Waals surface area contributed by atoms with E-state index in [-0.39, 0.29) is 11.4 Å². The summed E-state index contributed by atoms with van der Waals surface area (Å²) in [6.07, 6.45) is 4.66. The van der Waals surface area contributed by atoms with Crippen LogP contribution < -0.4 is 11.1 Å². The molecule has 0 aliphatic heterocycles. The summed E-state index contributed by atoms with van der Waals surface area (Å²) < 4.78 is 0. The Balaban J connectivity index is 2.23. The first-order valence-corrected chi connectivity index (χ1v) is 6.39. The number of anilines is 2. The molecular weight excluding hydrogens is 230 g/mol. The van der Waals surface area contributed by atoms with Crippen molar-refractivity contribution in [1.82, 2.24) is 0 Å². The molecule has 0 radical (unpaired) electrons. The number of nitrogen functional groups attached to an aromatic ring is 1. The molecule has 2 rings (SSSR count). The first kappa shape index (κ1) is 12.7. The molecule has 18 heavy (non-hydrogen) atoms. The lowest BCUT2D eigenvalue weighted by atomic mass is 9.86. The summed E-state index contributed by atoms with van der Waals surface area (Å²) in [6, 6.07) is 5.35. The highest BCUT2D eigenvalue weighted by Gasteiger charge is 2.25. The van der Waals surface area contributed by atoms with Crippen LogP contribution >= 0.6 is 0 Å². The van der Waals surface area contributed by atoms with Crippen LogP contribution in [0.3, 0.4) is 0 Å². The summed E-state index contributed by atoms with van der Waals surface area (Å²) >= 11 is 0. The molecular formula is C13H19N3O2. The molecule has 1 aromatic rings. The number of nitro benzene ring substituents is 1. The third-order valence-corrected chi connectivity index (χ3v) is 3.70. The SMILES string of the molecule is CC1CCCCC1Nc1cccc(N)c1[N+](=O)[O-]. The summed E-state index contributed by atoms with van der Waals surface area (Å²) in [5.41, 5.74) is 6.43. The second-order valence-corrected chi connectivity index (χ2v) is 5.01. The molecule has 0 saturated heterocycles. The Kier molecular flexibility index (Phi) is 3.69. The molecule has 2 unspecified atom stereocenters. The molecule has 0 bridgehead atoms. The number of benzene rings is 1. The van der Waals surface area contributed by atoms with Gasteiger partial charge < -0.3 is 11.1 Å². The highest BCUT2D eigenvalue weighted by atomic mass is 16.6. The van der Waals surface area contributed by atoms with Gasteiger partial charge in [0.1, 0.15) is 11.4 Å². The Morgan fingerprint density at radius 2 is 2.11 bits per heavy atom. The highest BCUT2D eigenvalue weighted by molar-refractivity contribution is 5.74. The van der Waals surface area contributed by atoms with Crippen LogP contribution in [0, 0.1) is 16.0 Å². The zero-order valence-corrected chi connectivity index (χ0v) is 10.6. The van der Waals surface area contributed by atoms with E-state index in [0.717, 1.165) is 6.42 Å². The van der Waals surface area contributed by atoms with Crippen LogP contribution in [-0.2, 0) is 0 Å². The average molecular weight is 249 g/mol. The lowest BCUT2D eigenvalue weighted by Crippen LogP contribution is -2.30. The quantitative estimate of drug-likeness (QED) is 0.489. The summed E-state index contributed by atoms with van der Waals surface area (Å²) in [4.78, 5) is 10.6. The number of nitrogens with zero attached hydrogens (tertiary/aromatic N) is 1. The monoisotopic (exact) mass is 249 g/mol. The minimum absolute atomic E-state index is 0.00438. The second kappa shape index (κ2) is 5.25. The molecule has 0 heterocycles. The molecule has 5 heteroatoms. The van der Waals surface area contributed by atoms with Crippen LogP contribution in [0.1, 0.15) is 32.6 Å². The van der Waals surface area contributed by atoms with Gasteiger partial charge in [0.15, 0.2) is 0 Å². The number of nitrogens with two attached hydrogens (primary N) is 1. The van der Waals surface area contributed by atoms with Crippen molar-refractivity contribution >= 4 is 17.1 Å². The van der Waals surface area contributed by atoms with Crippen LogP contribution in [0.4, 0.5) is 17.1 Å². The molecule has 3 N–H and O–H groups in total. The van der Waals surface area contributed by atoms with Crippen LogP contribution in [0.25, 0.3) is 0 Å². The number of para-hydroxylation sites is 1. The largest absolute Gasteiger partial charge is 0.393 e. The van der Waals surface area contributed by atoms with Crippen molar-refractivity contribution in [3.05, 3.63) is 28.3 Å². The predicted molar refractivity (Wildman–Crippen MR) is 72.6 cm³/mol. The van der Waals surface area contributed by atoms with E-state index in [0.29, 0.717) is 17.6 Å². The molecule has 1 aromatic carbocycles. The third-order valence-electron chi connectivity index (χ3n) is 3.70. The predicted octanol–water partition coefficient (Wildman–Crippen LogP) is 3.17. The van der Waals surface area contributed by atoms with E-state index < -0.39 is 4.92 Å². The van der Waals surface area contributed by atoms with Crippen LogP contribution in [0.15, 0.2) is 18.2 Å². The van der Waals surface area contributed by atoms with Gasteiger partial charge in [0, 0.05) is 6.04 Å². The Hall–Kier alpha value is -1.78. The first-order valence-electron chi connectivity index (χ1n) is 6.39. The van der Waals surface area contributed by atoms with Crippen molar-refractivity contribution in [2.45, 2.75) is 38.6 Å². The summed E-state index contributed by atoms with van der Waals surface area (Å²) in [5.74, 6) is 0.541. The topological polar surface area (TPSA) is 81.2 Å². The van der Waals surface area contributed by atoms with Gasteiger partial charge in [0.25, 0.3) is 0 Å². The molecule has 1 aliphatic carbocycles. The van der Waals surface area contributed by atoms with Gasteiger partial charge in [-0.1, -0.05) is 25.8 Å². The summed E-state index contributed by atoms with van der Waals surface area (Å²) in [5, 5.41) is 14.4. The van der Waals surface area contributed by atoms with Crippen LogP contribution in [-0.4, -0.2) is 11.0 Å². The number of nitro groups is 1. The van der Waals surface area contributed by atoms with E-state index in [1.807, 2.05) is 0 Å². The lowest BCUT2D eigenvalue weighted by molar-refractivity contribution is -0.383. The van der Waals surface area contributed by atoms with Crippen molar-refractivity contribution in [3.63, 3.8) is 0 Å². The zero-order chi connectivity index (χ0) is 13.1. The molecule has 1 fully saturated rings. The Labute approximate surface area is 107 Å². The fourth-order valence-electron chi connectivity index (χ4n) is 2.61. The van der Waals surface area contributed by atoms with Gasteiger partial charge in [-0.25, -0.2) is 0 Å². The van der Waals surface area contributed by atoms with Crippen molar-refractivity contribution in [3.8, 4) is 0 Å². The summed E-state index contributed by atoms with van der Waals surface area (Å²) in [6.45, 7) is 2.19. The molecule has 1 aliphatic rings. The first-order chi connectivity index (χ1) is 8.59. The zero-order valence-electron chi connectivity index (χ0n) is 10.6. The smallest absolute Gasteiger partial charge is 0.314 e. The standard InChI is InChI=1S/C13H19N3O2/c1-9-5-2-3-7-11(9)15-12-8-4-6-10(14)13(12)16(17)18/h4,6,8-9,11,15H,2-3,5,7,14H2,1H3.